The molecule has 7 nitrogen and oxygen atoms in total. The Balaban J connectivity index is 1.42. The van der Waals surface area contributed by atoms with Crippen molar-refractivity contribution in [3.8, 4) is 0 Å². The number of sulfonamides is 1. The highest BCUT2D eigenvalue weighted by Gasteiger charge is 2.21. The molecule has 0 fully saturated rings. The third kappa shape index (κ3) is 6.75. The Morgan fingerprint density at radius 1 is 0.789 bits per heavy atom. The first-order valence-electron chi connectivity index (χ1n) is 11.1. The number of anilines is 2. The number of nitrogens with one attached hydrogen (secondary N) is 2. The van der Waals surface area contributed by atoms with E-state index in [4.69, 9.17) is 4.74 Å². The summed E-state index contributed by atoms with van der Waals surface area (Å²) in [5.41, 5.74) is 0.195. The third-order valence-corrected chi connectivity index (χ3v) is 7.51. The second-order valence-electron chi connectivity index (χ2n) is 7.76. The molecule has 0 saturated heterocycles. The lowest BCUT2D eigenvalue weighted by Gasteiger charge is -2.13. The molecule has 38 heavy (non-hydrogen) atoms. The standard InChI is InChI=1S/C27H20F2N2O5S2/c28-21-15-14-19(16-22(21)29)38(34,35)31-23-11-5-4-10-20(23)27(33)36-17-26(32)30-24-12-6-7-13-25(24)37-18-8-2-1-3-9-18/h1-16,31H,17H2,(H,30,32). The third-order valence-electron chi connectivity index (χ3n) is 5.06. The molecule has 0 aliphatic rings. The molecule has 0 spiro atoms. The van der Waals surface area contributed by atoms with Crippen molar-refractivity contribution in [2.75, 3.05) is 16.6 Å². The Bertz CT molecular complexity index is 1580. The number of hydrogen-bond acceptors (Lipinski definition) is 6. The smallest absolute Gasteiger partial charge is 0.340 e. The highest BCUT2D eigenvalue weighted by atomic mass is 32.2. The van der Waals surface area contributed by atoms with Gasteiger partial charge in [0.1, 0.15) is 0 Å². The zero-order chi connectivity index (χ0) is 27.1. The van der Waals surface area contributed by atoms with Gasteiger partial charge in [0.2, 0.25) is 0 Å². The minimum Gasteiger partial charge on any atom is -0.452 e. The lowest BCUT2D eigenvalue weighted by atomic mass is 10.2. The van der Waals surface area contributed by atoms with Gasteiger partial charge in [0, 0.05) is 9.79 Å². The van der Waals surface area contributed by atoms with E-state index in [-0.39, 0.29) is 11.3 Å². The van der Waals surface area contributed by atoms with Gasteiger partial charge in [-0.2, -0.15) is 0 Å². The number of hydrogen-bond donors (Lipinski definition) is 2. The second kappa shape index (κ2) is 11.9. The van der Waals surface area contributed by atoms with Crippen molar-refractivity contribution in [1.82, 2.24) is 0 Å². The molecule has 11 heteroatoms. The van der Waals surface area contributed by atoms with Crippen LogP contribution in [0, 0.1) is 11.6 Å². The van der Waals surface area contributed by atoms with E-state index in [0.29, 0.717) is 17.8 Å². The summed E-state index contributed by atoms with van der Waals surface area (Å²) in [4.78, 5) is 26.5. The molecular formula is C27H20F2N2O5S2. The van der Waals surface area contributed by atoms with Crippen LogP contribution in [-0.4, -0.2) is 26.9 Å². The van der Waals surface area contributed by atoms with Gasteiger partial charge in [-0.1, -0.05) is 54.2 Å². The molecule has 0 bridgehead atoms. The molecule has 0 atom stereocenters. The Hall–Kier alpha value is -4.22. The Labute approximate surface area is 221 Å². The van der Waals surface area contributed by atoms with E-state index in [0.717, 1.165) is 15.9 Å². The van der Waals surface area contributed by atoms with Gasteiger partial charge in [-0.15, -0.1) is 0 Å². The predicted octanol–water partition coefficient (Wildman–Crippen LogP) is 5.71. The van der Waals surface area contributed by atoms with Crippen molar-refractivity contribution >= 4 is 45.0 Å². The van der Waals surface area contributed by atoms with Gasteiger partial charge in [-0.3, -0.25) is 9.52 Å². The van der Waals surface area contributed by atoms with Crippen LogP contribution in [0.3, 0.4) is 0 Å². The van der Waals surface area contributed by atoms with Gasteiger partial charge in [0.25, 0.3) is 15.9 Å². The van der Waals surface area contributed by atoms with Gasteiger partial charge in [0.15, 0.2) is 18.2 Å². The minimum absolute atomic E-state index is 0.160. The molecule has 0 aromatic heterocycles. The fraction of sp³-hybridized carbons (Fsp3) is 0.0370. The molecule has 4 aromatic rings. The zero-order valence-corrected chi connectivity index (χ0v) is 21.2. The Morgan fingerprint density at radius 3 is 2.18 bits per heavy atom. The SMILES string of the molecule is O=C(COC(=O)c1ccccc1NS(=O)(=O)c1ccc(F)c(F)c1)Nc1ccccc1Sc1ccccc1. The Kier molecular flexibility index (Phi) is 8.39. The van der Waals surface area contributed by atoms with Crippen LogP contribution in [0.2, 0.25) is 0 Å². The van der Waals surface area contributed by atoms with Crippen molar-refractivity contribution in [3.63, 3.8) is 0 Å². The number of amides is 1. The first-order valence-corrected chi connectivity index (χ1v) is 13.4. The monoisotopic (exact) mass is 554 g/mol. The van der Waals surface area contributed by atoms with Gasteiger partial charge < -0.3 is 10.1 Å². The summed E-state index contributed by atoms with van der Waals surface area (Å²) in [6, 6.07) is 24.3. The van der Waals surface area contributed by atoms with E-state index in [2.05, 4.69) is 10.0 Å². The number of benzene rings is 4. The largest absolute Gasteiger partial charge is 0.452 e. The van der Waals surface area contributed by atoms with Gasteiger partial charge >= 0.3 is 5.97 Å². The van der Waals surface area contributed by atoms with Crippen LogP contribution in [0.5, 0.6) is 0 Å². The number of carbonyl (C=O) groups excluding carboxylic acids is 2. The lowest BCUT2D eigenvalue weighted by Crippen LogP contribution is -2.22. The molecule has 1 amide bonds. The maximum atomic E-state index is 13.5. The molecule has 0 radical (unpaired) electrons. The van der Waals surface area contributed by atoms with Gasteiger partial charge in [-0.25, -0.2) is 22.0 Å². The van der Waals surface area contributed by atoms with Crippen LogP contribution in [-0.2, 0) is 19.6 Å². The fourth-order valence-corrected chi connectivity index (χ4v) is 5.28. The van der Waals surface area contributed by atoms with Crippen LogP contribution in [0.1, 0.15) is 10.4 Å². The molecule has 194 valence electrons. The Morgan fingerprint density at radius 2 is 1.45 bits per heavy atom. The van der Waals surface area contributed by atoms with Crippen LogP contribution < -0.4 is 10.0 Å². The van der Waals surface area contributed by atoms with E-state index < -0.39 is 45.0 Å². The normalized spacial score (nSPS) is 11.0. The summed E-state index contributed by atoms with van der Waals surface area (Å²) in [6.07, 6.45) is 0. The van der Waals surface area contributed by atoms with Crippen molar-refractivity contribution in [1.29, 1.82) is 0 Å². The highest BCUT2D eigenvalue weighted by molar-refractivity contribution is 7.99. The average molecular weight is 555 g/mol. The molecule has 0 aliphatic heterocycles. The summed E-state index contributed by atoms with van der Waals surface area (Å²) < 4.78 is 59.3. The second-order valence-corrected chi connectivity index (χ2v) is 10.6. The van der Waals surface area contributed by atoms with Gasteiger partial charge in [0.05, 0.1) is 21.8 Å². The topological polar surface area (TPSA) is 102 Å². The number of carbonyl (C=O) groups is 2. The minimum atomic E-state index is -4.36. The maximum Gasteiger partial charge on any atom is 0.340 e. The maximum absolute atomic E-state index is 13.5. The summed E-state index contributed by atoms with van der Waals surface area (Å²) >= 11 is 1.45. The number of para-hydroxylation sites is 2. The quantitative estimate of drug-likeness (QED) is 0.257. The van der Waals surface area contributed by atoms with Crippen molar-refractivity contribution in [3.05, 3.63) is 114 Å². The van der Waals surface area contributed by atoms with E-state index in [9.17, 15) is 26.8 Å². The molecular weight excluding hydrogens is 534 g/mol. The number of esters is 1. The molecule has 0 saturated carbocycles. The summed E-state index contributed by atoms with van der Waals surface area (Å²) in [5.74, 6) is -4.10. The van der Waals surface area contributed by atoms with E-state index in [1.165, 1.54) is 36.0 Å². The number of rotatable bonds is 9. The predicted molar refractivity (Wildman–Crippen MR) is 140 cm³/mol. The molecule has 4 aromatic carbocycles. The summed E-state index contributed by atoms with van der Waals surface area (Å²) in [7, 11) is -4.36. The van der Waals surface area contributed by atoms with E-state index in [1.54, 1.807) is 12.1 Å². The first kappa shape index (κ1) is 26.8. The highest BCUT2D eigenvalue weighted by Crippen LogP contribution is 2.33. The fourth-order valence-electron chi connectivity index (χ4n) is 3.27. The van der Waals surface area contributed by atoms with Crippen LogP contribution in [0.4, 0.5) is 20.2 Å². The van der Waals surface area contributed by atoms with Gasteiger partial charge in [-0.05, 0) is 54.6 Å². The summed E-state index contributed by atoms with van der Waals surface area (Å²) in [5, 5.41) is 2.71. The van der Waals surface area contributed by atoms with Crippen LogP contribution in [0.15, 0.2) is 112 Å². The molecule has 0 unspecified atom stereocenters. The number of ether oxygens (including phenoxy) is 1. The molecule has 2 N–H and O–H groups in total. The van der Waals surface area contributed by atoms with Crippen molar-refractivity contribution in [2.24, 2.45) is 0 Å². The van der Waals surface area contributed by atoms with E-state index in [1.807, 2.05) is 42.5 Å². The lowest BCUT2D eigenvalue weighted by molar-refractivity contribution is -0.119. The zero-order valence-electron chi connectivity index (χ0n) is 19.6. The van der Waals surface area contributed by atoms with E-state index >= 15 is 0 Å². The van der Waals surface area contributed by atoms with Crippen LogP contribution >= 0.6 is 11.8 Å². The molecule has 0 heterocycles. The summed E-state index contributed by atoms with van der Waals surface area (Å²) in [6.45, 7) is -0.632. The first-order chi connectivity index (χ1) is 18.2. The van der Waals surface area contributed by atoms with Crippen molar-refractivity contribution < 1.29 is 31.5 Å². The number of halogens is 2. The molecule has 0 aliphatic carbocycles. The average Bonchev–Trinajstić information content (AvgIpc) is 2.90. The van der Waals surface area contributed by atoms with Crippen LogP contribution in [0.25, 0.3) is 0 Å². The van der Waals surface area contributed by atoms with Crippen molar-refractivity contribution in [2.45, 2.75) is 14.7 Å². The molecule has 4 rings (SSSR count).